The van der Waals surface area contributed by atoms with Gasteiger partial charge in [-0.3, -0.25) is 14.9 Å². The molecule has 6 nitrogen and oxygen atoms in total. The Bertz CT molecular complexity index is 740. The third-order valence-electron chi connectivity index (χ3n) is 3.38. The van der Waals surface area contributed by atoms with Crippen LogP contribution in [0.1, 0.15) is 23.7 Å². The average molecular weight is 299 g/mol. The van der Waals surface area contributed by atoms with Gasteiger partial charge in [0.1, 0.15) is 11.5 Å². The molecular weight excluding hydrogens is 286 g/mol. The molecule has 3 rings (SSSR count). The molecule has 0 fully saturated rings. The van der Waals surface area contributed by atoms with Crippen LogP contribution in [0.3, 0.4) is 0 Å². The summed E-state index contributed by atoms with van der Waals surface area (Å²) in [6.07, 6.45) is 0.0704. The molecule has 2 aromatic carbocycles. The summed E-state index contributed by atoms with van der Waals surface area (Å²) >= 11 is 0. The predicted octanol–water partition coefficient (Wildman–Crippen LogP) is 3.36. The van der Waals surface area contributed by atoms with Gasteiger partial charge in [0.15, 0.2) is 5.78 Å². The van der Waals surface area contributed by atoms with Crippen molar-refractivity contribution in [3.05, 3.63) is 64.2 Å². The highest BCUT2D eigenvalue weighted by Crippen LogP contribution is 2.34. The highest BCUT2D eigenvalue weighted by molar-refractivity contribution is 6.00. The fourth-order valence-electron chi connectivity index (χ4n) is 2.38. The summed E-state index contributed by atoms with van der Waals surface area (Å²) in [6, 6.07) is 12.6. The first-order valence-electron chi connectivity index (χ1n) is 6.72. The summed E-state index contributed by atoms with van der Waals surface area (Å²) in [5.74, 6) is -0.323. The number of fused-ring (bicyclic) bond motifs is 1. The molecule has 1 heterocycles. The van der Waals surface area contributed by atoms with Gasteiger partial charge in [-0.1, -0.05) is 12.1 Å². The van der Waals surface area contributed by atoms with Crippen molar-refractivity contribution < 1.29 is 19.2 Å². The number of rotatable bonds is 3. The molecule has 6 heteroatoms. The van der Waals surface area contributed by atoms with Crippen LogP contribution in [0.4, 0.5) is 5.69 Å². The number of para-hydroxylation sites is 1. The highest BCUT2D eigenvalue weighted by Gasteiger charge is 2.38. The number of nitro benzene ring substituents is 1. The van der Waals surface area contributed by atoms with E-state index in [0.29, 0.717) is 17.1 Å². The number of carbonyl (C=O) groups excluding carboxylic acids is 1. The Hall–Kier alpha value is -2.89. The molecule has 0 aromatic heterocycles. The van der Waals surface area contributed by atoms with Crippen molar-refractivity contribution in [2.24, 2.45) is 0 Å². The van der Waals surface area contributed by atoms with Gasteiger partial charge in [-0.05, 0) is 24.3 Å². The Labute approximate surface area is 126 Å². The van der Waals surface area contributed by atoms with Crippen molar-refractivity contribution in [2.45, 2.75) is 19.1 Å². The van der Waals surface area contributed by atoms with Crippen LogP contribution in [0.5, 0.6) is 11.5 Å². The first-order valence-corrected chi connectivity index (χ1v) is 6.72. The molecule has 1 aliphatic rings. The van der Waals surface area contributed by atoms with E-state index in [2.05, 4.69) is 0 Å². The molecule has 112 valence electrons. The lowest BCUT2D eigenvalue weighted by Gasteiger charge is -2.34. The van der Waals surface area contributed by atoms with E-state index in [1.165, 1.54) is 24.3 Å². The van der Waals surface area contributed by atoms with Crippen LogP contribution in [0.15, 0.2) is 48.5 Å². The van der Waals surface area contributed by atoms with Crippen molar-refractivity contribution in [3.63, 3.8) is 0 Å². The molecule has 0 saturated carbocycles. The van der Waals surface area contributed by atoms with E-state index in [4.69, 9.17) is 9.47 Å². The van der Waals surface area contributed by atoms with Crippen molar-refractivity contribution in [1.29, 1.82) is 0 Å². The zero-order valence-electron chi connectivity index (χ0n) is 11.8. The number of benzene rings is 2. The van der Waals surface area contributed by atoms with Crippen LogP contribution < -0.4 is 9.47 Å². The molecule has 2 aromatic rings. The highest BCUT2D eigenvalue weighted by atomic mass is 16.7. The Morgan fingerprint density at radius 2 is 1.86 bits per heavy atom. The van der Waals surface area contributed by atoms with E-state index in [-0.39, 0.29) is 17.9 Å². The quantitative estimate of drug-likeness (QED) is 0.641. The van der Waals surface area contributed by atoms with Gasteiger partial charge in [-0.15, -0.1) is 0 Å². The monoisotopic (exact) mass is 299 g/mol. The van der Waals surface area contributed by atoms with Crippen LogP contribution in [0, 0.1) is 10.1 Å². The molecule has 0 spiro atoms. The molecule has 1 aliphatic heterocycles. The molecule has 1 unspecified atom stereocenters. The maximum Gasteiger partial charge on any atom is 0.269 e. The summed E-state index contributed by atoms with van der Waals surface area (Å²) in [7, 11) is 0. The van der Waals surface area contributed by atoms with Gasteiger partial charge in [0.25, 0.3) is 11.5 Å². The Morgan fingerprint density at radius 1 is 1.18 bits per heavy atom. The first kappa shape index (κ1) is 14.1. The number of non-ortho nitro benzene ring substituents is 1. The summed E-state index contributed by atoms with van der Waals surface area (Å²) in [6.45, 7) is 1.67. The third-order valence-corrected chi connectivity index (χ3v) is 3.38. The van der Waals surface area contributed by atoms with E-state index < -0.39 is 10.7 Å². The predicted molar refractivity (Wildman–Crippen MR) is 78.1 cm³/mol. The molecule has 0 saturated heterocycles. The fraction of sp³-hybridized carbons (Fsp3) is 0.188. The first-order chi connectivity index (χ1) is 10.5. The van der Waals surface area contributed by atoms with Crippen molar-refractivity contribution in [3.8, 4) is 11.5 Å². The summed E-state index contributed by atoms with van der Waals surface area (Å²) < 4.78 is 11.5. The summed E-state index contributed by atoms with van der Waals surface area (Å²) in [4.78, 5) is 22.3. The minimum Gasteiger partial charge on any atom is -0.452 e. The second-order valence-corrected chi connectivity index (χ2v) is 5.19. The Morgan fingerprint density at radius 3 is 2.55 bits per heavy atom. The number of ketones is 1. The van der Waals surface area contributed by atoms with Crippen LogP contribution >= 0.6 is 0 Å². The van der Waals surface area contributed by atoms with E-state index in [1.807, 2.05) is 0 Å². The topological polar surface area (TPSA) is 78.7 Å². The number of hydrogen-bond donors (Lipinski definition) is 0. The molecule has 0 radical (unpaired) electrons. The zero-order valence-corrected chi connectivity index (χ0v) is 11.8. The molecule has 22 heavy (non-hydrogen) atoms. The number of nitro groups is 1. The zero-order chi connectivity index (χ0) is 15.7. The van der Waals surface area contributed by atoms with E-state index in [1.54, 1.807) is 31.2 Å². The average Bonchev–Trinajstić information content (AvgIpc) is 2.47. The number of nitrogens with zero attached hydrogens (tertiary/aromatic N) is 1. The van der Waals surface area contributed by atoms with Gasteiger partial charge in [-0.25, -0.2) is 0 Å². The van der Waals surface area contributed by atoms with Crippen LogP contribution in [-0.2, 0) is 0 Å². The second-order valence-electron chi connectivity index (χ2n) is 5.19. The molecule has 0 amide bonds. The van der Waals surface area contributed by atoms with Gasteiger partial charge >= 0.3 is 0 Å². The third kappa shape index (κ3) is 2.63. The minimum absolute atomic E-state index is 0.0245. The lowest BCUT2D eigenvalue weighted by molar-refractivity contribution is -0.384. The van der Waals surface area contributed by atoms with Gasteiger partial charge < -0.3 is 9.47 Å². The van der Waals surface area contributed by atoms with Crippen LogP contribution in [0.2, 0.25) is 0 Å². The van der Waals surface area contributed by atoms with Gasteiger partial charge in [0.2, 0.25) is 0 Å². The number of Topliss-reactive ketones (excluding diaryl/α,β-unsaturated/α-hetero) is 1. The lowest BCUT2D eigenvalue weighted by Crippen LogP contribution is -2.44. The summed E-state index contributed by atoms with van der Waals surface area (Å²) in [5, 5.41) is 10.6. The smallest absolute Gasteiger partial charge is 0.269 e. The number of hydrogen-bond acceptors (Lipinski definition) is 5. The van der Waals surface area contributed by atoms with Crippen LogP contribution in [-0.4, -0.2) is 16.5 Å². The Balaban J connectivity index is 1.83. The molecule has 0 aliphatic carbocycles. The largest absolute Gasteiger partial charge is 0.452 e. The van der Waals surface area contributed by atoms with Gasteiger partial charge in [-0.2, -0.15) is 0 Å². The van der Waals surface area contributed by atoms with E-state index in [9.17, 15) is 14.9 Å². The van der Waals surface area contributed by atoms with Crippen molar-refractivity contribution in [2.75, 3.05) is 0 Å². The second kappa shape index (κ2) is 5.14. The summed E-state index contributed by atoms with van der Waals surface area (Å²) in [5.41, 5.74) is 0.510. The molecule has 1 atom stereocenters. The fourth-order valence-corrected chi connectivity index (χ4v) is 2.38. The molecule has 0 bridgehead atoms. The van der Waals surface area contributed by atoms with Gasteiger partial charge in [0.05, 0.1) is 16.9 Å². The molecular formula is C16H13NO5. The molecule has 0 N–H and O–H groups in total. The van der Waals surface area contributed by atoms with Crippen LogP contribution in [0.25, 0.3) is 0 Å². The van der Waals surface area contributed by atoms with E-state index in [0.717, 1.165) is 0 Å². The standard InChI is InChI=1S/C16H13NO5/c1-16(21-12-8-6-11(7-9-12)17(19)20)10-14(18)13-4-2-3-5-15(13)22-16/h2-9H,10H2,1H3. The van der Waals surface area contributed by atoms with Gasteiger partial charge in [0, 0.05) is 19.1 Å². The number of carbonyl (C=O) groups is 1. The van der Waals surface area contributed by atoms with Crippen molar-refractivity contribution >= 4 is 11.5 Å². The lowest BCUT2D eigenvalue weighted by atomic mass is 9.99. The Kier molecular flexibility index (Phi) is 3.29. The maximum atomic E-state index is 12.2. The SMILES string of the molecule is CC1(Oc2ccc([N+](=O)[O-])cc2)CC(=O)c2ccccc2O1. The normalized spacial score (nSPS) is 20.0. The van der Waals surface area contributed by atoms with Crippen molar-refractivity contribution in [1.82, 2.24) is 0 Å². The number of ether oxygens (including phenoxy) is 2. The minimum atomic E-state index is -1.14. The van der Waals surface area contributed by atoms with E-state index >= 15 is 0 Å². The maximum absolute atomic E-state index is 12.2.